The lowest BCUT2D eigenvalue weighted by molar-refractivity contribution is 0.355. The van der Waals surface area contributed by atoms with Crippen molar-refractivity contribution in [1.29, 1.82) is 0 Å². The van der Waals surface area contributed by atoms with Crippen LogP contribution >= 0.6 is 11.8 Å². The number of methoxy groups -OCH3 is 2. The van der Waals surface area contributed by atoms with E-state index in [0.29, 0.717) is 0 Å². The predicted octanol–water partition coefficient (Wildman–Crippen LogP) is 2.69. The smallest absolute Gasteiger partial charge is 0.162 e. The van der Waals surface area contributed by atoms with Gasteiger partial charge in [0.2, 0.25) is 0 Å². The number of rotatable bonds is 3. The van der Waals surface area contributed by atoms with Gasteiger partial charge in [-0.05, 0) is 17.5 Å². The van der Waals surface area contributed by atoms with E-state index in [2.05, 4.69) is 16.5 Å². The SMILES string of the molecule is COc1ccc(N2C=CSC2)cc1OC. The second-order valence-electron chi connectivity index (χ2n) is 3.09. The van der Waals surface area contributed by atoms with E-state index in [0.717, 1.165) is 23.1 Å². The summed E-state index contributed by atoms with van der Waals surface area (Å²) in [5.41, 5.74) is 1.12. The van der Waals surface area contributed by atoms with Gasteiger partial charge in [-0.1, -0.05) is 0 Å². The van der Waals surface area contributed by atoms with Crippen molar-refractivity contribution in [2.24, 2.45) is 0 Å². The Bertz CT molecular complexity index is 379. The van der Waals surface area contributed by atoms with Gasteiger partial charge < -0.3 is 14.4 Å². The molecule has 0 atom stereocenters. The van der Waals surface area contributed by atoms with Gasteiger partial charge in [0.1, 0.15) is 0 Å². The van der Waals surface area contributed by atoms with Crippen LogP contribution in [0.5, 0.6) is 11.5 Å². The number of hydrogen-bond donors (Lipinski definition) is 0. The third-order valence-electron chi connectivity index (χ3n) is 2.25. The highest BCUT2D eigenvalue weighted by Crippen LogP contribution is 2.33. The maximum atomic E-state index is 5.25. The monoisotopic (exact) mass is 223 g/mol. The van der Waals surface area contributed by atoms with E-state index >= 15 is 0 Å². The fraction of sp³-hybridized carbons (Fsp3) is 0.273. The van der Waals surface area contributed by atoms with Crippen LogP contribution in [0.15, 0.2) is 29.8 Å². The van der Waals surface area contributed by atoms with E-state index in [9.17, 15) is 0 Å². The first-order valence-corrected chi connectivity index (χ1v) is 5.67. The van der Waals surface area contributed by atoms with Gasteiger partial charge in [0.15, 0.2) is 11.5 Å². The molecular formula is C11H13NO2S. The third kappa shape index (κ3) is 2.04. The van der Waals surface area contributed by atoms with Crippen molar-refractivity contribution < 1.29 is 9.47 Å². The minimum Gasteiger partial charge on any atom is -0.493 e. The van der Waals surface area contributed by atoms with Crippen LogP contribution in [0.25, 0.3) is 0 Å². The van der Waals surface area contributed by atoms with E-state index in [4.69, 9.17) is 9.47 Å². The highest BCUT2D eigenvalue weighted by Gasteiger charge is 2.10. The predicted molar refractivity (Wildman–Crippen MR) is 63.6 cm³/mol. The van der Waals surface area contributed by atoms with Gasteiger partial charge in [-0.3, -0.25) is 0 Å². The highest BCUT2D eigenvalue weighted by molar-refractivity contribution is 8.02. The van der Waals surface area contributed by atoms with Crippen molar-refractivity contribution in [3.63, 3.8) is 0 Å². The summed E-state index contributed by atoms with van der Waals surface area (Å²) in [6, 6.07) is 5.93. The Kier molecular flexibility index (Phi) is 3.06. The number of anilines is 1. The molecule has 0 aromatic heterocycles. The maximum absolute atomic E-state index is 5.25. The minimum absolute atomic E-state index is 0.761. The second kappa shape index (κ2) is 4.49. The van der Waals surface area contributed by atoms with E-state index in [1.54, 1.807) is 26.0 Å². The molecule has 4 heteroatoms. The van der Waals surface area contributed by atoms with Crippen LogP contribution in [0, 0.1) is 0 Å². The van der Waals surface area contributed by atoms with Gasteiger partial charge >= 0.3 is 0 Å². The normalized spacial score (nSPS) is 14.4. The minimum atomic E-state index is 0.761. The third-order valence-corrected chi connectivity index (χ3v) is 2.99. The van der Waals surface area contributed by atoms with Gasteiger partial charge in [0.05, 0.1) is 20.1 Å². The van der Waals surface area contributed by atoms with Crippen LogP contribution in [0.3, 0.4) is 0 Å². The Morgan fingerprint density at radius 2 is 2.00 bits per heavy atom. The summed E-state index contributed by atoms with van der Waals surface area (Å²) in [6.07, 6.45) is 2.06. The first-order chi connectivity index (χ1) is 7.35. The van der Waals surface area contributed by atoms with E-state index in [1.807, 2.05) is 18.2 Å². The van der Waals surface area contributed by atoms with Crippen molar-refractivity contribution in [2.45, 2.75) is 0 Å². The Morgan fingerprint density at radius 3 is 2.60 bits per heavy atom. The lowest BCUT2D eigenvalue weighted by atomic mass is 10.2. The zero-order valence-electron chi connectivity index (χ0n) is 8.77. The molecule has 3 nitrogen and oxygen atoms in total. The van der Waals surface area contributed by atoms with E-state index < -0.39 is 0 Å². The van der Waals surface area contributed by atoms with Crippen molar-refractivity contribution in [1.82, 2.24) is 0 Å². The molecular weight excluding hydrogens is 210 g/mol. The topological polar surface area (TPSA) is 21.7 Å². The average molecular weight is 223 g/mol. The Balaban J connectivity index is 2.29. The van der Waals surface area contributed by atoms with Crippen LogP contribution in [-0.4, -0.2) is 20.1 Å². The number of thioether (sulfide) groups is 1. The zero-order chi connectivity index (χ0) is 10.7. The molecule has 15 heavy (non-hydrogen) atoms. The molecule has 0 saturated carbocycles. The van der Waals surface area contributed by atoms with Crippen LogP contribution in [0.4, 0.5) is 5.69 Å². The molecule has 0 spiro atoms. The number of benzene rings is 1. The molecule has 80 valence electrons. The van der Waals surface area contributed by atoms with Gasteiger partial charge in [0, 0.05) is 18.0 Å². The number of hydrogen-bond acceptors (Lipinski definition) is 4. The summed E-state index contributed by atoms with van der Waals surface area (Å²) in [6.45, 7) is 0. The van der Waals surface area contributed by atoms with Crippen LogP contribution < -0.4 is 14.4 Å². The molecule has 0 N–H and O–H groups in total. The molecule has 0 amide bonds. The van der Waals surface area contributed by atoms with Gasteiger partial charge in [-0.25, -0.2) is 0 Å². The Hall–Kier alpha value is -1.29. The summed E-state index contributed by atoms with van der Waals surface area (Å²) in [4.78, 5) is 2.16. The van der Waals surface area contributed by atoms with Crippen molar-refractivity contribution in [3.8, 4) is 11.5 Å². The maximum Gasteiger partial charge on any atom is 0.162 e. The lowest BCUT2D eigenvalue weighted by Gasteiger charge is -2.16. The van der Waals surface area contributed by atoms with Crippen LogP contribution in [0.1, 0.15) is 0 Å². The van der Waals surface area contributed by atoms with Crippen LogP contribution in [-0.2, 0) is 0 Å². The lowest BCUT2D eigenvalue weighted by Crippen LogP contribution is -2.10. The number of ether oxygens (including phenoxy) is 2. The summed E-state index contributed by atoms with van der Waals surface area (Å²) in [5, 5.41) is 2.08. The largest absolute Gasteiger partial charge is 0.493 e. The van der Waals surface area contributed by atoms with Gasteiger partial charge in [-0.2, -0.15) is 0 Å². The molecule has 2 rings (SSSR count). The quantitative estimate of drug-likeness (QED) is 0.785. The molecule has 1 aliphatic rings. The number of nitrogens with zero attached hydrogens (tertiary/aromatic N) is 1. The first-order valence-electron chi connectivity index (χ1n) is 4.62. The molecule has 0 saturated heterocycles. The fourth-order valence-corrected chi connectivity index (χ4v) is 2.16. The van der Waals surface area contributed by atoms with Crippen molar-refractivity contribution in [2.75, 3.05) is 25.0 Å². The zero-order valence-corrected chi connectivity index (χ0v) is 9.58. The molecule has 1 aromatic rings. The molecule has 0 unspecified atom stereocenters. The Labute approximate surface area is 93.7 Å². The second-order valence-corrected chi connectivity index (χ2v) is 3.95. The summed E-state index contributed by atoms with van der Waals surface area (Å²) in [7, 11) is 3.29. The molecule has 1 aromatic carbocycles. The molecule has 1 heterocycles. The van der Waals surface area contributed by atoms with Crippen molar-refractivity contribution in [3.05, 3.63) is 29.8 Å². The standard InChI is InChI=1S/C11H13NO2S/c1-13-10-4-3-9(7-11(10)14-2)12-5-6-15-8-12/h3-7H,8H2,1-2H3. The fourth-order valence-electron chi connectivity index (χ4n) is 1.45. The molecule has 0 bridgehead atoms. The Morgan fingerprint density at radius 1 is 1.20 bits per heavy atom. The average Bonchev–Trinajstić information content (AvgIpc) is 2.81. The molecule has 1 aliphatic heterocycles. The van der Waals surface area contributed by atoms with E-state index in [-0.39, 0.29) is 0 Å². The molecule has 0 fully saturated rings. The summed E-state index contributed by atoms with van der Waals surface area (Å²) in [5.74, 6) is 2.48. The van der Waals surface area contributed by atoms with E-state index in [1.165, 1.54) is 0 Å². The van der Waals surface area contributed by atoms with Gasteiger partial charge in [0.25, 0.3) is 0 Å². The molecule has 0 aliphatic carbocycles. The van der Waals surface area contributed by atoms with Crippen molar-refractivity contribution >= 4 is 17.4 Å². The highest BCUT2D eigenvalue weighted by atomic mass is 32.2. The molecule has 0 radical (unpaired) electrons. The van der Waals surface area contributed by atoms with Gasteiger partial charge in [-0.15, -0.1) is 11.8 Å². The summed E-state index contributed by atoms with van der Waals surface area (Å²) >= 11 is 1.77. The summed E-state index contributed by atoms with van der Waals surface area (Å²) < 4.78 is 10.4. The van der Waals surface area contributed by atoms with Crippen LogP contribution in [0.2, 0.25) is 0 Å². The first kappa shape index (κ1) is 10.2.